The van der Waals surface area contributed by atoms with E-state index in [1.54, 1.807) is 35.9 Å². The van der Waals surface area contributed by atoms with Crippen molar-refractivity contribution in [2.45, 2.75) is 11.7 Å². The summed E-state index contributed by atoms with van der Waals surface area (Å²) in [5.41, 5.74) is 0.864. The fraction of sp³-hybridized carbons (Fsp3) is 0.176. The quantitative estimate of drug-likeness (QED) is 0.611. The van der Waals surface area contributed by atoms with Gasteiger partial charge in [-0.05, 0) is 36.4 Å². The summed E-state index contributed by atoms with van der Waals surface area (Å²) in [5.74, 6) is 0.848. The molecule has 27 heavy (non-hydrogen) atoms. The molecule has 2 aromatic heterocycles. The molecule has 0 atom stereocenters. The van der Waals surface area contributed by atoms with Crippen molar-refractivity contribution in [1.82, 2.24) is 25.4 Å². The average Bonchev–Trinajstić information content (AvgIpc) is 3.29. The number of furan rings is 1. The molecule has 0 spiro atoms. The standard InChI is InChI=1S/C17H16ClN5O3S/c1-23-15(11-4-6-12(18)7-5-11)21-22-17(23)27-10-14(24)20-16(25)19-9-13-3-2-8-26-13/h2-8H,9-10H2,1H3,(H2,19,20,24,25). The van der Waals surface area contributed by atoms with Crippen LogP contribution in [-0.4, -0.2) is 32.5 Å². The molecule has 0 aliphatic heterocycles. The number of benzene rings is 1. The summed E-state index contributed by atoms with van der Waals surface area (Å²) in [6.45, 7) is 0.201. The van der Waals surface area contributed by atoms with Crippen LogP contribution in [0.25, 0.3) is 11.4 Å². The molecule has 1 aromatic carbocycles. The zero-order valence-corrected chi connectivity index (χ0v) is 15.9. The van der Waals surface area contributed by atoms with Crippen molar-refractivity contribution in [2.24, 2.45) is 7.05 Å². The van der Waals surface area contributed by atoms with Crippen LogP contribution in [0.2, 0.25) is 5.02 Å². The number of hydrogen-bond donors (Lipinski definition) is 2. The van der Waals surface area contributed by atoms with Crippen molar-refractivity contribution in [3.8, 4) is 11.4 Å². The summed E-state index contributed by atoms with van der Waals surface area (Å²) in [6.07, 6.45) is 1.51. The zero-order chi connectivity index (χ0) is 19.2. The maximum absolute atomic E-state index is 11.9. The summed E-state index contributed by atoms with van der Waals surface area (Å²) in [5, 5.41) is 14.2. The molecule has 10 heteroatoms. The van der Waals surface area contributed by atoms with Gasteiger partial charge in [0.25, 0.3) is 0 Å². The van der Waals surface area contributed by atoms with E-state index in [9.17, 15) is 9.59 Å². The molecule has 140 valence electrons. The Hall–Kier alpha value is -2.78. The van der Waals surface area contributed by atoms with E-state index in [1.165, 1.54) is 18.0 Å². The highest BCUT2D eigenvalue weighted by Crippen LogP contribution is 2.23. The number of nitrogens with one attached hydrogen (secondary N) is 2. The van der Waals surface area contributed by atoms with Gasteiger partial charge in [0.2, 0.25) is 5.91 Å². The third kappa shape index (κ3) is 5.11. The molecule has 0 aliphatic rings. The minimum Gasteiger partial charge on any atom is -0.467 e. The zero-order valence-electron chi connectivity index (χ0n) is 14.3. The van der Waals surface area contributed by atoms with Crippen molar-refractivity contribution in [3.05, 3.63) is 53.4 Å². The number of carbonyl (C=O) groups excluding carboxylic acids is 2. The Labute approximate surface area is 164 Å². The number of carbonyl (C=O) groups is 2. The Balaban J connectivity index is 1.50. The van der Waals surface area contributed by atoms with Gasteiger partial charge in [-0.1, -0.05) is 23.4 Å². The molecular formula is C17H16ClN5O3S. The van der Waals surface area contributed by atoms with Gasteiger partial charge in [0.1, 0.15) is 5.76 Å². The molecule has 2 heterocycles. The van der Waals surface area contributed by atoms with E-state index in [1.807, 2.05) is 12.1 Å². The molecule has 0 fully saturated rings. The summed E-state index contributed by atoms with van der Waals surface area (Å²) < 4.78 is 6.87. The van der Waals surface area contributed by atoms with Crippen molar-refractivity contribution in [3.63, 3.8) is 0 Å². The van der Waals surface area contributed by atoms with Crippen LogP contribution in [0.3, 0.4) is 0 Å². The highest BCUT2D eigenvalue weighted by molar-refractivity contribution is 7.99. The molecule has 0 unspecified atom stereocenters. The highest BCUT2D eigenvalue weighted by atomic mass is 35.5. The monoisotopic (exact) mass is 405 g/mol. The van der Waals surface area contributed by atoms with Gasteiger partial charge in [-0.25, -0.2) is 4.79 Å². The molecule has 0 radical (unpaired) electrons. The Bertz CT molecular complexity index is 925. The first-order valence-corrected chi connectivity index (χ1v) is 9.27. The topological polar surface area (TPSA) is 102 Å². The van der Waals surface area contributed by atoms with Crippen LogP contribution in [0.1, 0.15) is 5.76 Å². The van der Waals surface area contributed by atoms with Gasteiger partial charge in [0, 0.05) is 17.6 Å². The van der Waals surface area contributed by atoms with Crippen molar-refractivity contribution in [1.29, 1.82) is 0 Å². The van der Waals surface area contributed by atoms with Crippen LogP contribution in [0, 0.1) is 0 Å². The van der Waals surface area contributed by atoms with Crippen LogP contribution in [0.4, 0.5) is 4.79 Å². The number of nitrogens with zero attached hydrogens (tertiary/aromatic N) is 3. The maximum atomic E-state index is 11.9. The van der Waals surface area contributed by atoms with Gasteiger partial charge < -0.3 is 14.3 Å². The number of halogens is 1. The van der Waals surface area contributed by atoms with E-state index in [0.717, 1.165) is 5.56 Å². The smallest absolute Gasteiger partial charge is 0.321 e. The Morgan fingerprint density at radius 2 is 2.00 bits per heavy atom. The Morgan fingerprint density at radius 3 is 2.70 bits per heavy atom. The third-order valence-corrected chi connectivity index (χ3v) is 4.80. The summed E-state index contributed by atoms with van der Waals surface area (Å²) in [6, 6.07) is 10.1. The minimum atomic E-state index is -0.586. The second kappa shape index (κ2) is 8.74. The van der Waals surface area contributed by atoms with Crippen LogP contribution >= 0.6 is 23.4 Å². The number of amides is 3. The molecule has 3 rings (SSSR count). The fourth-order valence-corrected chi connectivity index (χ4v) is 3.05. The van der Waals surface area contributed by atoms with E-state index >= 15 is 0 Å². The number of hydrogen-bond acceptors (Lipinski definition) is 6. The molecule has 8 nitrogen and oxygen atoms in total. The molecule has 0 saturated carbocycles. The molecule has 2 N–H and O–H groups in total. The molecule has 3 amide bonds. The van der Waals surface area contributed by atoms with E-state index < -0.39 is 11.9 Å². The number of imide groups is 1. The summed E-state index contributed by atoms with van der Waals surface area (Å²) in [7, 11) is 1.81. The first kappa shape index (κ1) is 19.0. The lowest BCUT2D eigenvalue weighted by Crippen LogP contribution is -2.39. The fourth-order valence-electron chi connectivity index (χ4n) is 2.21. The van der Waals surface area contributed by atoms with E-state index in [-0.39, 0.29) is 12.3 Å². The lowest BCUT2D eigenvalue weighted by Gasteiger charge is -2.06. The van der Waals surface area contributed by atoms with E-state index in [2.05, 4.69) is 20.8 Å². The van der Waals surface area contributed by atoms with Crippen LogP contribution in [-0.2, 0) is 18.4 Å². The van der Waals surface area contributed by atoms with E-state index in [0.29, 0.717) is 21.8 Å². The molecule has 0 aliphatic carbocycles. The van der Waals surface area contributed by atoms with Crippen LogP contribution < -0.4 is 10.6 Å². The SMILES string of the molecule is Cn1c(SCC(=O)NC(=O)NCc2ccco2)nnc1-c1ccc(Cl)cc1. The highest BCUT2D eigenvalue weighted by Gasteiger charge is 2.14. The molecule has 0 saturated heterocycles. The average molecular weight is 406 g/mol. The number of thioether (sulfide) groups is 1. The lowest BCUT2D eigenvalue weighted by molar-refractivity contribution is -0.117. The third-order valence-electron chi connectivity index (χ3n) is 3.53. The number of rotatable bonds is 6. The van der Waals surface area contributed by atoms with Crippen molar-refractivity contribution >= 4 is 35.3 Å². The Morgan fingerprint density at radius 1 is 1.22 bits per heavy atom. The summed E-state index contributed by atoms with van der Waals surface area (Å²) >= 11 is 7.08. The Kier molecular flexibility index (Phi) is 6.15. The second-order valence-corrected chi connectivity index (χ2v) is 6.85. The van der Waals surface area contributed by atoms with Crippen molar-refractivity contribution < 1.29 is 14.0 Å². The second-order valence-electron chi connectivity index (χ2n) is 5.47. The largest absolute Gasteiger partial charge is 0.467 e. The minimum absolute atomic E-state index is 0.0285. The van der Waals surface area contributed by atoms with Gasteiger partial charge >= 0.3 is 6.03 Å². The maximum Gasteiger partial charge on any atom is 0.321 e. The predicted octanol–water partition coefficient (Wildman–Crippen LogP) is 2.85. The van der Waals surface area contributed by atoms with Crippen LogP contribution in [0.5, 0.6) is 0 Å². The first-order chi connectivity index (χ1) is 13.0. The molecule has 0 bridgehead atoms. The number of aromatic nitrogens is 3. The first-order valence-electron chi connectivity index (χ1n) is 7.91. The normalized spacial score (nSPS) is 10.6. The van der Waals surface area contributed by atoms with Gasteiger partial charge in [-0.2, -0.15) is 0 Å². The van der Waals surface area contributed by atoms with Gasteiger partial charge in [-0.3, -0.25) is 10.1 Å². The lowest BCUT2D eigenvalue weighted by atomic mass is 10.2. The van der Waals surface area contributed by atoms with Crippen molar-refractivity contribution in [2.75, 3.05) is 5.75 Å². The van der Waals surface area contributed by atoms with Gasteiger partial charge in [-0.15, -0.1) is 10.2 Å². The van der Waals surface area contributed by atoms with Gasteiger partial charge in [0.05, 0.1) is 18.6 Å². The van der Waals surface area contributed by atoms with Crippen LogP contribution in [0.15, 0.2) is 52.2 Å². The summed E-state index contributed by atoms with van der Waals surface area (Å²) in [4.78, 5) is 23.6. The predicted molar refractivity (Wildman–Crippen MR) is 101 cm³/mol. The number of urea groups is 1. The van der Waals surface area contributed by atoms with Gasteiger partial charge in [0.15, 0.2) is 11.0 Å². The molecular weight excluding hydrogens is 390 g/mol. The molecule has 3 aromatic rings. The van der Waals surface area contributed by atoms with E-state index in [4.69, 9.17) is 16.0 Å².